The molecule has 0 bridgehead atoms. The maximum atomic E-state index is 13.2. The number of anilines is 2. The number of nitrogens with zero attached hydrogens (tertiary/aromatic N) is 3. The number of aliphatic carboxylic acids is 1. The molecule has 35 heavy (non-hydrogen) atoms. The molecule has 0 saturated heterocycles. The van der Waals surface area contributed by atoms with Crippen molar-refractivity contribution in [2.75, 3.05) is 22.8 Å². The molecule has 0 atom stereocenters. The number of fused-ring (bicyclic) bond motifs is 3. The quantitative estimate of drug-likeness (QED) is 0.515. The van der Waals surface area contributed by atoms with Crippen LogP contribution in [0.3, 0.4) is 0 Å². The summed E-state index contributed by atoms with van der Waals surface area (Å²) >= 11 is 0. The molecule has 5 N–H and O–H groups in total. The fraction of sp³-hybridized carbons (Fsp3) is 0.542. The first-order valence-corrected chi connectivity index (χ1v) is 13.4. The number of sulfonamides is 1. The zero-order valence-corrected chi connectivity index (χ0v) is 21.1. The first-order chi connectivity index (χ1) is 16.4. The highest BCUT2D eigenvalue weighted by Gasteiger charge is 2.39. The van der Waals surface area contributed by atoms with Crippen LogP contribution in [0.1, 0.15) is 57.1 Å². The standard InChI is InChI=1S/C24H33N5O5S/c1-24(2)12-17-16(21-20(24)23(26)28-13-27-21)8-9-18(34-15-6-4-14(25)5-7-15)22(17)29(3)35(32,33)11-10-19(30)31/h8-9,13-15H,4-7,10-12,25H2,1-3H3,(H,30,31)(H2,26,27,28)/t14-,15-. The molecular weight excluding hydrogens is 470 g/mol. The van der Waals surface area contributed by atoms with Gasteiger partial charge in [-0.05, 0) is 55.2 Å². The summed E-state index contributed by atoms with van der Waals surface area (Å²) in [7, 11) is -2.49. The number of rotatable bonds is 7. The summed E-state index contributed by atoms with van der Waals surface area (Å²) in [5.74, 6) is -0.843. The Bertz CT molecular complexity index is 1240. The van der Waals surface area contributed by atoms with Crippen LogP contribution >= 0.6 is 0 Å². The van der Waals surface area contributed by atoms with Crippen LogP contribution in [0.15, 0.2) is 18.5 Å². The molecule has 0 unspecified atom stereocenters. The van der Waals surface area contributed by atoms with E-state index in [2.05, 4.69) is 9.97 Å². The van der Waals surface area contributed by atoms with Crippen molar-refractivity contribution in [3.63, 3.8) is 0 Å². The molecule has 1 saturated carbocycles. The fourth-order valence-corrected chi connectivity index (χ4v) is 6.32. The molecule has 2 aromatic rings. The summed E-state index contributed by atoms with van der Waals surface area (Å²) in [6.07, 6.45) is 4.56. The second kappa shape index (κ2) is 9.27. The zero-order chi connectivity index (χ0) is 25.5. The molecule has 1 aromatic heterocycles. The number of carboxylic acids is 1. The maximum Gasteiger partial charge on any atom is 0.304 e. The Balaban J connectivity index is 1.86. The molecule has 1 aromatic carbocycles. The first-order valence-electron chi connectivity index (χ1n) is 11.8. The van der Waals surface area contributed by atoms with E-state index in [0.717, 1.165) is 42.4 Å². The SMILES string of the molecule is CN(c1c(O[C@H]2CC[C@H](N)CC2)ccc2c1CC(C)(C)c1c(N)ncnc1-2)S(=O)(=O)CCC(=O)O. The number of ether oxygens (including phenoxy) is 1. The number of benzene rings is 1. The average Bonchev–Trinajstić information content (AvgIpc) is 2.78. The third kappa shape index (κ3) is 4.92. The van der Waals surface area contributed by atoms with Crippen LogP contribution in [-0.2, 0) is 26.7 Å². The van der Waals surface area contributed by atoms with Gasteiger partial charge < -0.3 is 21.3 Å². The summed E-state index contributed by atoms with van der Waals surface area (Å²) in [6.45, 7) is 4.04. The molecule has 0 spiro atoms. The van der Waals surface area contributed by atoms with Crippen molar-refractivity contribution in [3.05, 3.63) is 29.6 Å². The van der Waals surface area contributed by atoms with Crippen LogP contribution in [0.25, 0.3) is 11.3 Å². The van der Waals surface area contributed by atoms with E-state index in [0.29, 0.717) is 29.4 Å². The highest BCUT2D eigenvalue weighted by Crippen LogP contribution is 2.50. The normalized spacial score (nSPS) is 21.0. The van der Waals surface area contributed by atoms with E-state index in [1.807, 2.05) is 19.9 Å². The molecule has 1 fully saturated rings. The van der Waals surface area contributed by atoms with Crippen LogP contribution in [0.4, 0.5) is 11.5 Å². The van der Waals surface area contributed by atoms with Gasteiger partial charge in [0.05, 0.1) is 29.7 Å². The molecule has 2 aliphatic carbocycles. The molecule has 11 heteroatoms. The Morgan fingerprint density at radius 1 is 1.23 bits per heavy atom. The molecule has 0 aliphatic heterocycles. The zero-order valence-electron chi connectivity index (χ0n) is 20.3. The van der Waals surface area contributed by atoms with Gasteiger partial charge in [0, 0.05) is 24.2 Å². The number of hydrogen-bond donors (Lipinski definition) is 3. The summed E-state index contributed by atoms with van der Waals surface area (Å²) in [5, 5.41) is 9.07. The summed E-state index contributed by atoms with van der Waals surface area (Å²) in [6, 6.07) is 3.81. The van der Waals surface area contributed by atoms with Crippen LogP contribution < -0.4 is 20.5 Å². The van der Waals surface area contributed by atoms with E-state index in [1.165, 1.54) is 17.7 Å². The summed E-state index contributed by atoms with van der Waals surface area (Å²) < 4.78 is 34.0. The Morgan fingerprint density at radius 2 is 1.91 bits per heavy atom. The Morgan fingerprint density at radius 3 is 2.57 bits per heavy atom. The number of hydrogen-bond acceptors (Lipinski definition) is 8. The van der Waals surface area contributed by atoms with Crippen molar-refractivity contribution < 1.29 is 23.1 Å². The van der Waals surface area contributed by atoms with Crippen molar-refractivity contribution in [3.8, 4) is 17.0 Å². The topological polar surface area (TPSA) is 162 Å². The van der Waals surface area contributed by atoms with Gasteiger partial charge in [-0.1, -0.05) is 13.8 Å². The van der Waals surface area contributed by atoms with Crippen molar-refractivity contribution in [2.45, 2.75) is 69.9 Å². The summed E-state index contributed by atoms with van der Waals surface area (Å²) in [4.78, 5) is 19.8. The summed E-state index contributed by atoms with van der Waals surface area (Å²) in [5.41, 5.74) is 15.2. The van der Waals surface area contributed by atoms with Crippen molar-refractivity contribution in [1.82, 2.24) is 9.97 Å². The Hall–Kier alpha value is -2.92. The molecular formula is C24H33N5O5S. The van der Waals surface area contributed by atoms with Gasteiger partial charge in [-0.15, -0.1) is 0 Å². The van der Waals surface area contributed by atoms with Gasteiger partial charge >= 0.3 is 5.97 Å². The highest BCUT2D eigenvalue weighted by atomic mass is 32.2. The van der Waals surface area contributed by atoms with Gasteiger partial charge in [0.1, 0.15) is 17.9 Å². The third-order valence-electron chi connectivity index (χ3n) is 6.99. The molecule has 1 heterocycles. The average molecular weight is 504 g/mol. The van der Waals surface area contributed by atoms with Gasteiger partial charge in [-0.25, -0.2) is 18.4 Å². The lowest BCUT2D eigenvalue weighted by Crippen LogP contribution is -2.35. The maximum absolute atomic E-state index is 13.2. The van der Waals surface area contributed by atoms with Crippen molar-refractivity contribution in [1.29, 1.82) is 0 Å². The second-order valence-electron chi connectivity index (χ2n) is 10.1. The first kappa shape index (κ1) is 25.2. The lowest BCUT2D eigenvalue weighted by molar-refractivity contribution is -0.136. The number of nitrogens with two attached hydrogens (primary N) is 2. The van der Waals surface area contributed by atoms with Crippen molar-refractivity contribution >= 4 is 27.5 Å². The van der Waals surface area contributed by atoms with E-state index < -0.39 is 33.6 Å². The molecule has 0 radical (unpaired) electrons. The van der Waals surface area contributed by atoms with E-state index in [1.54, 1.807) is 6.07 Å². The predicted octanol–water partition coefficient (Wildman–Crippen LogP) is 2.45. The van der Waals surface area contributed by atoms with E-state index in [9.17, 15) is 13.2 Å². The number of nitrogen functional groups attached to an aromatic ring is 1. The van der Waals surface area contributed by atoms with Crippen LogP contribution in [0.5, 0.6) is 5.75 Å². The predicted molar refractivity (Wildman–Crippen MR) is 134 cm³/mol. The molecule has 4 rings (SSSR count). The monoisotopic (exact) mass is 503 g/mol. The van der Waals surface area contributed by atoms with E-state index in [-0.39, 0.29) is 12.1 Å². The minimum Gasteiger partial charge on any atom is -0.488 e. The fourth-order valence-electron chi connectivity index (χ4n) is 5.14. The third-order valence-corrected chi connectivity index (χ3v) is 8.73. The van der Waals surface area contributed by atoms with Crippen LogP contribution in [0.2, 0.25) is 0 Å². The molecule has 0 amide bonds. The van der Waals surface area contributed by atoms with Gasteiger partial charge in [0.25, 0.3) is 0 Å². The van der Waals surface area contributed by atoms with Crippen LogP contribution in [0, 0.1) is 0 Å². The lowest BCUT2D eigenvalue weighted by atomic mass is 9.71. The number of aromatic nitrogens is 2. The largest absolute Gasteiger partial charge is 0.488 e. The molecule has 190 valence electrons. The van der Waals surface area contributed by atoms with Gasteiger partial charge in [-0.3, -0.25) is 9.10 Å². The molecule has 10 nitrogen and oxygen atoms in total. The van der Waals surface area contributed by atoms with Crippen LogP contribution in [-0.4, -0.2) is 54.4 Å². The Kier molecular flexibility index (Phi) is 6.67. The lowest BCUT2D eigenvalue weighted by Gasteiger charge is -2.37. The van der Waals surface area contributed by atoms with Gasteiger partial charge in [0.2, 0.25) is 10.0 Å². The minimum absolute atomic E-state index is 0.0800. The van der Waals surface area contributed by atoms with Gasteiger partial charge in [0.15, 0.2) is 0 Å². The van der Waals surface area contributed by atoms with E-state index >= 15 is 0 Å². The number of carboxylic acid groups (broad SMARTS) is 1. The second-order valence-corrected chi connectivity index (χ2v) is 12.2. The Labute approximate surface area is 205 Å². The minimum atomic E-state index is -3.94. The number of carbonyl (C=O) groups is 1. The van der Waals surface area contributed by atoms with E-state index in [4.69, 9.17) is 21.3 Å². The highest BCUT2D eigenvalue weighted by molar-refractivity contribution is 7.92. The van der Waals surface area contributed by atoms with Gasteiger partial charge in [-0.2, -0.15) is 0 Å². The van der Waals surface area contributed by atoms with Crippen molar-refractivity contribution in [2.24, 2.45) is 5.73 Å². The smallest absolute Gasteiger partial charge is 0.304 e. The molecule has 2 aliphatic rings.